The van der Waals surface area contributed by atoms with Crippen molar-refractivity contribution in [2.75, 3.05) is 19.7 Å². The number of rotatable bonds is 6. The topological polar surface area (TPSA) is 45.7 Å². The third-order valence-corrected chi connectivity index (χ3v) is 4.86. The first-order valence-electron chi connectivity index (χ1n) is 9.61. The molecule has 0 bridgehead atoms. The zero-order valence-electron chi connectivity index (χ0n) is 16.5. The first-order valence-corrected chi connectivity index (χ1v) is 9.61. The molecule has 6 heteroatoms. The molecule has 1 saturated heterocycles. The van der Waals surface area contributed by atoms with Crippen molar-refractivity contribution in [1.82, 2.24) is 10.6 Å². The fourth-order valence-electron chi connectivity index (χ4n) is 3.40. The standard InChI is InChI=1S/C22H28FN3O.HI/c1-3-24-22(25-14-17-9-10-20(23)16(2)13-17)26-15-19-11-12-27-21(19)18-7-5-4-6-8-18;/h4-10,13,19,21H,3,11-12,14-15H2,1-2H3,(H2,24,25,26);1H. The highest BCUT2D eigenvalue weighted by Gasteiger charge is 2.29. The van der Waals surface area contributed by atoms with E-state index in [9.17, 15) is 4.39 Å². The van der Waals surface area contributed by atoms with Crippen LogP contribution in [0.15, 0.2) is 53.5 Å². The van der Waals surface area contributed by atoms with Gasteiger partial charge in [0, 0.05) is 25.6 Å². The molecule has 0 aliphatic carbocycles. The van der Waals surface area contributed by atoms with E-state index in [4.69, 9.17) is 4.74 Å². The molecule has 1 aliphatic heterocycles. The quantitative estimate of drug-likeness (QED) is 0.349. The van der Waals surface area contributed by atoms with Gasteiger partial charge < -0.3 is 15.4 Å². The summed E-state index contributed by atoms with van der Waals surface area (Å²) in [6.45, 7) is 6.71. The molecule has 0 aromatic heterocycles. The molecule has 2 unspecified atom stereocenters. The molecule has 0 radical (unpaired) electrons. The van der Waals surface area contributed by atoms with Crippen LogP contribution in [0.5, 0.6) is 0 Å². The van der Waals surface area contributed by atoms with Gasteiger partial charge in [0.05, 0.1) is 12.6 Å². The van der Waals surface area contributed by atoms with Crippen LogP contribution in [-0.4, -0.2) is 25.7 Å². The Bertz CT molecular complexity index is 770. The van der Waals surface area contributed by atoms with Crippen LogP contribution < -0.4 is 10.6 Å². The predicted molar refractivity (Wildman–Crippen MR) is 123 cm³/mol. The predicted octanol–water partition coefficient (Wildman–Crippen LogP) is 4.59. The zero-order chi connectivity index (χ0) is 19.1. The summed E-state index contributed by atoms with van der Waals surface area (Å²) in [5, 5.41) is 6.72. The molecule has 2 atom stereocenters. The molecule has 3 rings (SSSR count). The number of halogens is 2. The third-order valence-electron chi connectivity index (χ3n) is 4.86. The van der Waals surface area contributed by atoms with E-state index in [2.05, 4.69) is 39.9 Å². The highest BCUT2D eigenvalue weighted by atomic mass is 127. The Hall–Kier alpha value is -1.67. The van der Waals surface area contributed by atoms with Crippen LogP contribution in [0.1, 0.15) is 36.1 Å². The highest BCUT2D eigenvalue weighted by Crippen LogP contribution is 2.33. The second-order valence-corrected chi connectivity index (χ2v) is 6.91. The van der Waals surface area contributed by atoms with Crippen LogP contribution in [0.25, 0.3) is 0 Å². The van der Waals surface area contributed by atoms with Gasteiger partial charge in [-0.3, -0.25) is 0 Å². The van der Waals surface area contributed by atoms with Crippen molar-refractivity contribution in [2.45, 2.75) is 32.9 Å². The van der Waals surface area contributed by atoms with Gasteiger partial charge in [-0.25, -0.2) is 9.38 Å². The summed E-state index contributed by atoms with van der Waals surface area (Å²) >= 11 is 0. The van der Waals surface area contributed by atoms with Gasteiger partial charge >= 0.3 is 0 Å². The number of nitrogens with zero attached hydrogens (tertiary/aromatic N) is 1. The smallest absolute Gasteiger partial charge is 0.191 e. The maximum atomic E-state index is 13.4. The van der Waals surface area contributed by atoms with Crippen molar-refractivity contribution < 1.29 is 9.13 Å². The summed E-state index contributed by atoms with van der Waals surface area (Å²) in [6.07, 6.45) is 1.16. The van der Waals surface area contributed by atoms with Gasteiger partial charge in [-0.2, -0.15) is 0 Å². The molecule has 1 heterocycles. The highest BCUT2D eigenvalue weighted by molar-refractivity contribution is 14.0. The maximum absolute atomic E-state index is 13.4. The number of hydrogen-bond donors (Lipinski definition) is 2. The Morgan fingerprint density at radius 2 is 1.96 bits per heavy atom. The zero-order valence-corrected chi connectivity index (χ0v) is 18.8. The van der Waals surface area contributed by atoms with E-state index in [1.165, 1.54) is 11.6 Å². The number of aliphatic imine (C=N–C) groups is 1. The van der Waals surface area contributed by atoms with Gasteiger partial charge in [0.15, 0.2) is 5.96 Å². The maximum Gasteiger partial charge on any atom is 0.191 e. The van der Waals surface area contributed by atoms with Gasteiger partial charge in [0.25, 0.3) is 0 Å². The molecule has 0 spiro atoms. The van der Waals surface area contributed by atoms with Gasteiger partial charge in [-0.1, -0.05) is 42.5 Å². The van der Waals surface area contributed by atoms with E-state index in [0.717, 1.165) is 37.6 Å². The lowest BCUT2D eigenvalue weighted by Gasteiger charge is -2.21. The molecule has 2 aromatic rings. The molecule has 1 fully saturated rings. The van der Waals surface area contributed by atoms with Gasteiger partial charge in [0.1, 0.15) is 5.82 Å². The van der Waals surface area contributed by atoms with E-state index in [1.54, 1.807) is 13.0 Å². The van der Waals surface area contributed by atoms with E-state index in [1.807, 2.05) is 19.1 Å². The number of aryl methyl sites for hydroxylation is 1. The van der Waals surface area contributed by atoms with E-state index < -0.39 is 0 Å². The summed E-state index contributed by atoms with van der Waals surface area (Å²) in [5.74, 6) is 1.00. The summed E-state index contributed by atoms with van der Waals surface area (Å²) in [4.78, 5) is 4.64. The third kappa shape index (κ3) is 6.17. The average Bonchev–Trinajstić information content (AvgIpc) is 3.16. The summed E-state index contributed by atoms with van der Waals surface area (Å²) in [7, 11) is 0. The summed E-state index contributed by atoms with van der Waals surface area (Å²) in [6, 6.07) is 15.5. The summed E-state index contributed by atoms with van der Waals surface area (Å²) < 4.78 is 19.4. The number of nitrogens with one attached hydrogen (secondary N) is 2. The molecule has 0 amide bonds. The minimum absolute atomic E-state index is 0. The molecule has 4 nitrogen and oxygen atoms in total. The molecule has 0 saturated carbocycles. The van der Waals surface area contributed by atoms with Crippen LogP contribution in [-0.2, 0) is 11.3 Å². The normalized spacial score (nSPS) is 19.2. The molecule has 1 aliphatic rings. The van der Waals surface area contributed by atoms with Crippen LogP contribution in [0.3, 0.4) is 0 Å². The van der Waals surface area contributed by atoms with E-state index in [-0.39, 0.29) is 35.9 Å². The number of hydrogen-bond acceptors (Lipinski definition) is 2. The second-order valence-electron chi connectivity index (χ2n) is 6.91. The van der Waals surface area contributed by atoms with Crippen LogP contribution in [0.2, 0.25) is 0 Å². The summed E-state index contributed by atoms with van der Waals surface area (Å²) in [5.41, 5.74) is 2.87. The van der Waals surface area contributed by atoms with Gasteiger partial charge in [-0.05, 0) is 43.0 Å². The largest absolute Gasteiger partial charge is 0.373 e. The van der Waals surface area contributed by atoms with Crippen LogP contribution >= 0.6 is 24.0 Å². The number of ether oxygens (including phenoxy) is 1. The SMILES string of the molecule is CCNC(=NCc1ccc(F)c(C)c1)NCC1CCOC1c1ccccc1.I. The molecule has 2 N–H and O–H groups in total. The Kier molecular flexibility index (Phi) is 9.18. The molecule has 152 valence electrons. The Morgan fingerprint density at radius 1 is 1.18 bits per heavy atom. The first kappa shape index (κ1) is 22.6. The molecule has 28 heavy (non-hydrogen) atoms. The van der Waals surface area contributed by atoms with Gasteiger partial charge in [-0.15, -0.1) is 24.0 Å². The molecular weight excluding hydrogens is 468 g/mol. The van der Waals surface area contributed by atoms with Crippen molar-refractivity contribution in [2.24, 2.45) is 10.9 Å². The van der Waals surface area contributed by atoms with E-state index >= 15 is 0 Å². The lowest BCUT2D eigenvalue weighted by atomic mass is 9.95. The Labute approximate surface area is 184 Å². The fourth-order valence-corrected chi connectivity index (χ4v) is 3.40. The number of guanidine groups is 1. The lowest BCUT2D eigenvalue weighted by molar-refractivity contribution is 0.0915. The minimum Gasteiger partial charge on any atom is -0.373 e. The Balaban J connectivity index is 0.00000280. The number of benzene rings is 2. The minimum atomic E-state index is -0.180. The first-order chi connectivity index (χ1) is 13.2. The van der Waals surface area contributed by atoms with E-state index in [0.29, 0.717) is 18.0 Å². The van der Waals surface area contributed by atoms with Crippen molar-refractivity contribution in [3.8, 4) is 0 Å². The molecular formula is C22H29FIN3O. The van der Waals surface area contributed by atoms with Crippen molar-refractivity contribution in [3.63, 3.8) is 0 Å². The van der Waals surface area contributed by atoms with Crippen molar-refractivity contribution in [3.05, 3.63) is 71.0 Å². The second kappa shape index (κ2) is 11.4. The van der Waals surface area contributed by atoms with Crippen LogP contribution in [0.4, 0.5) is 4.39 Å². The van der Waals surface area contributed by atoms with Crippen LogP contribution in [0, 0.1) is 18.7 Å². The van der Waals surface area contributed by atoms with Crippen molar-refractivity contribution >= 4 is 29.9 Å². The fraction of sp³-hybridized carbons (Fsp3) is 0.409. The molecule has 2 aromatic carbocycles. The Morgan fingerprint density at radius 3 is 2.68 bits per heavy atom. The monoisotopic (exact) mass is 497 g/mol. The van der Waals surface area contributed by atoms with Gasteiger partial charge in [0.2, 0.25) is 0 Å². The van der Waals surface area contributed by atoms with Crippen molar-refractivity contribution in [1.29, 1.82) is 0 Å². The average molecular weight is 497 g/mol. The lowest BCUT2D eigenvalue weighted by Crippen LogP contribution is -2.40.